The number of hydrogen-bond acceptors (Lipinski definition) is 6. The van der Waals surface area contributed by atoms with Gasteiger partial charge in [0.25, 0.3) is 5.91 Å². The molecule has 1 aromatic rings. The van der Waals surface area contributed by atoms with Crippen molar-refractivity contribution in [1.29, 1.82) is 0 Å². The lowest BCUT2D eigenvalue weighted by atomic mass is 10.2. The molecule has 0 heterocycles. The summed E-state index contributed by atoms with van der Waals surface area (Å²) in [6.45, 7) is 1.07. The first kappa shape index (κ1) is 16.8. The Hall–Kier alpha value is -2.26. The fourth-order valence-corrected chi connectivity index (χ4v) is 2.36. The first-order valence-corrected chi connectivity index (χ1v) is 7.21. The Morgan fingerprint density at radius 3 is 2.38 bits per heavy atom. The molecule has 0 unspecified atom stereocenters. The maximum Gasteiger partial charge on any atom is 0.281 e. The van der Waals surface area contributed by atoms with Crippen LogP contribution in [-0.4, -0.2) is 49.4 Å². The minimum atomic E-state index is -3.64. The Morgan fingerprint density at radius 1 is 1.29 bits per heavy atom. The molecule has 21 heavy (non-hydrogen) atoms. The number of sulfonamides is 1. The third kappa shape index (κ3) is 3.86. The quantitative estimate of drug-likeness (QED) is 0.351. The van der Waals surface area contributed by atoms with Gasteiger partial charge >= 0.3 is 0 Å². The fourth-order valence-electron chi connectivity index (χ4n) is 1.41. The van der Waals surface area contributed by atoms with E-state index in [1.165, 1.54) is 38.4 Å². The van der Waals surface area contributed by atoms with Crippen LogP contribution in [-0.2, 0) is 19.6 Å². The summed E-state index contributed by atoms with van der Waals surface area (Å²) in [6, 6.07) is 5.50. The van der Waals surface area contributed by atoms with E-state index in [0.29, 0.717) is 0 Å². The molecule has 0 aliphatic carbocycles. The summed E-state index contributed by atoms with van der Waals surface area (Å²) in [5, 5.41) is 13.5. The highest BCUT2D eigenvalue weighted by atomic mass is 32.2. The highest BCUT2D eigenvalue weighted by molar-refractivity contribution is 7.89. The van der Waals surface area contributed by atoms with Crippen molar-refractivity contribution in [1.82, 2.24) is 4.31 Å². The minimum absolute atomic E-state index is 0.0180. The minimum Gasteiger partial charge on any atom is -0.410 e. The number of rotatable bonds is 5. The van der Waals surface area contributed by atoms with Gasteiger partial charge in [-0.25, -0.2) is 12.7 Å². The monoisotopic (exact) mass is 313 g/mol. The van der Waals surface area contributed by atoms with Crippen LogP contribution >= 0.6 is 0 Å². The second-order valence-corrected chi connectivity index (χ2v) is 6.43. The van der Waals surface area contributed by atoms with Gasteiger partial charge in [0, 0.05) is 26.7 Å². The molecular formula is C12H15N3O5S. The fraction of sp³-hybridized carbons (Fsp3) is 0.250. The van der Waals surface area contributed by atoms with Crippen molar-refractivity contribution in [3.8, 4) is 0 Å². The van der Waals surface area contributed by atoms with Crippen LogP contribution < -0.4 is 5.32 Å². The molecule has 0 saturated carbocycles. The normalized spacial score (nSPS) is 12.3. The van der Waals surface area contributed by atoms with Gasteiger partial charge in [-0.05, 0) is 18.2 Å². The second kappa shape index (κ2) is 6.46. The molecule has 2 N–H and O–H groups in total. The van der Waals surface area contributed by atoms with Crippen LogP contribution in [0.2, 0.25) is 0 Å². The zero-order valence-corrected chi connectivity index (χ0v) is 12.5. The van der Waals surface area contributed by atoms with Gasteiger partial charge in [-0.15, -0.1) is 0 Å². The number of hydrogen-bond donors (Lipinski definition) is 2. The van der Waals surface area contributed by atoms with Crippen molar-refractivity contribution < 1.29 is 23.2 Å². The van der Waals surface area contributed by atoms with Crippen LogP contribution in [0, 0.1) is 0 Å². The summed E-state index contributed by atoms with van der Waals surface area (Å²) in [5.74, 6) is -1.64. The van der Waals surface area contributed by atoms with Crippen LogP contribution in [0.1, 0.15) is 6.92 Å². The van der Waals surface area contributed by atoms with Gasteiger partial charge in [0.05, 0.1) is 4.90 Å². The average molecular weight is 313 g/mol. The van der Waals surface area contributed by atoms with Crippen molar-refractivity contribution in [2.75, 3.05) is 19.4 Å². The van der Waals surface area contributed by atoms with Gasteiger partial charge in [0.2, 0.25) is 15.7 Å². The molecule has 0 aliphatic heterocycles. The highest BCUT2D eigenvalue weighted by Crippen LogP contribution is 2.17. The maximum atomic E-state index is 12.0. The van der Waals surface area contributed by atoms with E-state index in [9.17, 15) is 18.0 Å². The predicted molar refractivity (Wildman–Crippen MR) is 75.8 cm³/mol. The summed E-state index contributed by atoms with van der Waals surface area (Å²) >= 11 is 0. The smallest absolute Gasteiger partial charge is 0.281 e. The number of carbonyl (C=O) groups is 2. The van der Waals surface area contributed by atoms with Gasteiger partial charge in [0.1, 0.15) is 0 Å². The predicted octanol–water partition coefficient (Wildman–Crippen LogP) is 0.295. The largest absolute Gasteiger partial charge is 0.410 e. The molecule has 1 amide bonds. The molecule has 0 radical (unpaired) electrons. The summed E-state index contributed by atoms with van der Waals surface area (Å²) in [5.41, 5.74) is -0.513. The molecule has 0 atom stereocenters. The number of benzene rings is 1. The van der Waals surface area contributed by atoms with Gasteiger partial charge in [-0.1, -0.05) is 11.2 Å². The number of ketones is 1. The molecule has 0 aliphatic rings. The van der Waals surface area contributed by atoms with Crippen molar-refractivity contribution in [3.05, 3.63) is 24.3 Å². The van der Waals surface area contributed by atoms with E-state index in [1.807, 2.05) is 0 Å². The van der Waals surface area contributed by atoms with E-state index in [2.05, 4.69) is 10.5 Å². The zero-order valence-electron chi connectivity index (χ0n) is 11.7. The van der Waals surface area contributed by atoms with Gasteiger partial charge < -0.3 is 10.5 Å². The number of anilines is 1. The Balaban J connectivity index is 3.08. The second-order valence-electron chi connectivity index (χ2n) is 4.27. The van der Waals surface area contributed by atoms with E-state index < -0.39 is 27.4 Å². The average Bonchev–Trinajstić information content (AvgIpc) is 2.39. The lowest BCUT2D eigenvalue weighted by Crippen LogP contribution is -2.28. The Labute approximate surface area is 122 Å². The van der Waals surface area contributed by atoms with Gasteiger partial charge in [-0.2, -0.15) is 0 Å². The molecule has 114 valence electrons. The summed E-state index contributed by atoms with van der Waals surface area (Å²) in [7, 11) is -0.878. The number of nitrogens with one attached hydrogen (secondary N) is 1. The number of oxime groups is 1. The van der Waals surface area contributed by atoms with Crippen molar-refractivity contribution in [2.24, 2.45) is 5.16 Å². The lowest BCUT2D eigenvalue weighted by molar-refractivity contribution is -0.114. The van der Waals surface area contributed by atoms with Crippen LogP contribution in [0.5, 0.6) is 0 Å². The molecule has 1 aromatic carbocycles. The molecule has 0 spiro atoms. The van der Waals surface area contributed by atoms with Crippen LogP contribution in [0.25, 0.3) is 0 Å². The standard InChI is InChI=1S/C12H15N3O5S/c1-8(16)11(14-18)12(17)13-9-5-4-6-10(7-9)21(19,20)15(2)3/h4-7,18H,1-3H3,(H,13,17)/b14-11+. The molecule has 0 fully saturated rings. The molecule has 1 rings (SSSR count). The number of amides is 1. The maximum absolute atomic E-state index is 12.0. The number of Topliss-reactive ketones (excluding diaryl/α,β-unsaturated/α-hetero) is 1. The van der Waals surface area contributed by atoms with E-state index in [4.69, 9.17) is 5.21 Å². The highest BCUT2D eigenvalue weighted by Gasteiger charge is 2.20. The molecule has 8 nitrogen and oxygen atoms in total. The summed E-state index contributed by atoms with van der Waals surface area (Å²) in [6.07, 6.45) is 0. The first-order valence-electron chi connectivity index (χ1n) is 5.77. The SMILES string of the molecule is CC(=O)/C(=N\O)C(=O)Nc1cccc(S(=O)(=O)N(C)C)c1. The van der Waals surface area contributed by atoms with Crippen LogP contribution in [0.15, 0.2) is 34.3 Å². The Kier molecular flexibility index (Phi) is 5.17. The third-order valence-electron chi connectivity index (χ3n) is 2.52. The molecule has 0 saturated heterocycles. The Morgan fingerprint density at radius 2 is 1.90 bits per heavy atom. The molecule has 9 heteroatoms. The number of carbonyl (C=O) groups excluding carboxylic acids is 2. The van der Waals surface area contributed by atoms with E-state index in [-0.39, 0.29) is 10.6 Å². The molecule has 0 bridgehead atoms. The summed E-state index contributed by atoms with van der Waals surface area (Å²) < 4.78 is 25.0. The van der Waals surface area contributed by atoms with E-state index in [1.54, 1.807) is 0 Å². The van der Waals surface area contributed by atoms with Crippen LogP contribution in [0.3, 0.4) is 0 Å². The summed E-state index contributed by atoms with van der Waals surface area (Å²) in [4.78, 5) is 22.7. The van der Waals surface area contributed by atoms with Crippen molar-refractivity contribution >= 4 is 33.1 Å². The lowest BCUT2D eigenvalue weighted by Gasteiger charge is -2.12. The molecule has 0 aromatic heterocycles. The van der Waals surface area contributed by atoms with Crippen molar-refractivity contribution in [2.45, 2.75) is 11.8 Å². The van der Waals surface area contributed by atoms with Crippen molar-refractivity contribution in [3.63, 3.8) is 0 Å². The zero-order chi connectivity index (χ0) is 16.2. The van der Waals surface area contributed by atoms with Gasteiger partial charge in [0.15, 0.2) is 5.78 Å². The first-order chi connectivity index (χ1) is 9.70. The van der Waals surface area contributed by atoms with Gasteiger partial charge in [-0.3, -0.25) is 9.59 Å². The van der Waals surface area contributed by atoms with E-state index in [0.717, 1.165) is 11.2 Å². The Bertz CT molecular complexity index is 695. The third-order valence-corrected chi connectivity index (χ3v) is 4.33. The topological polar surface area (TPSA) is 116 Å². The molecular weight excluding hydrogens is 298 g/mol. The van der Waals surface area contributed by atoms with Crippen LogP contribution in [0.4, 0.5) is 5.69 Å². The number of nitrogens with zero attached hydrogens (tertiary/aromatic N) is 2. The van der Waals surface area contributed by atoms with E-state index >= 15 is 0 Å².